The van der Waals surface area contributed by atoms with Crippen LogP contribution in [0.2, 0.25) is 5.02 Å². The van der Waals surface area contributed by atoms with E-state index >= 15 is 0 Å². The maximum atomic E-state index is 13.2. The first-order valence-electron chi connectivity index (χ1n) is 5.75. The molecule has 0 aliphatic rings. The van der Waals surface area contributed by atoms with Gasteiger partial charge in [0.15, 0.2) is 0 Å². The van der Waals surface area contributed by atoms with Gasteiger partial charge < -0.3 is 5.73 Å². The van der Waals surface area contributed by atoms with Crippen molar-refractivity contribution in [3.8, 4) is 0 Å². The third-order valence-corrected chi connectivity index (χ3v) is 5.27. The van der Waals surface area contributed by atoms with Crippen LogP contribution in [0.15, 0.2) is 46.2 Å². The van der Waals surface area contributed by atoms with Crippen molar-refractivity contribution in [1.82, 2.24) is 0 Å². The van der Waals surface area contributed by atoms with Crippen LogP contribution in [0.5, 0.6) is 0 Å². The molecule has 21 heavy (non-hydrogen) atoms. The molecular weight excluding hydrogens is 335 g/mol. The Bertz CT molecular complexity index is 764. The smallest absolute Gasteiger partial charge is 0.263 e. The highest BCUT2D eigenvalue weighted by Gasteiger charge is 2.20. The van der Waals surface area contributed by atoms with E-state index in [-0.39, 0.29) is 15.6 Å². The van der Waals surface area contributed by atoms with Crippen LogP contribution < -0.4 is 10.5 Å². The summed E-state index contributed by atoms with van der Waals surface area (Å²) in [6.07, 6.45) is 1.92. The van der Waals surface area contributed by atoms with Crippen LogP contribution in [0.3, 0.4) is 0 Å². The minimum atomic E-state index is -3.94. The van der Waals surface area contributed by atoms with Gasteiger partial charge in [0.25, 0.3) is 10.0 Å². The highest BCUT2D eigenvalue weighted by molar-refractivity contribution is 7.98. The van der Waals surface area contributed by atoms with Crippen molar-refractivity contribution in [2.24, 2.45) is 0 Å². The molecule has 2 aromatic carbocycles. The van der Waals surface area contributed by atoms with E-state index in [4.69, 9.17) is 17.3 Å². The number of nitrogens with two attached hydrogens (primary N) is 1. The molecule has 0 spiro atoms. The molecule has 0 saturated heterocycles. The van der Waals surface area contributed by atoms with Gasteiger partial charge in [0.2, 0.25) is 0 Å². The predicted octanol–water partition coefficient (Wildman–Crippen LogP) is 3.58. The zero-order valence-electron chi connectivity index (χ0n) is 10.9. The average molecular weight is 347 g/mol. The third-order valence-electron chi connectivity index (χ3n) is 2.68. The third kappa shape index (κ3) is 3.61. The minimum Gasteiger partial charge on any atom is -0.396 e. The van der Waals surface area contributed by atoms with Crippen LogP contribution in [-0.2, 0) is 10.0 Å². The predicted molar refractivity (Wildman–Crippen MR) is 84.9 cm³/mol. The summed E-state index contributed by atoms with van der Waals surface area (Å²) in [5.41, 5.74) is 5.49. The van der Waals surface area contributed by atoms with E-state index in [1.807, 2.05) is 6.26 Å². The van der Waals surface area contributed by atoms with Crippen molar-refractivity contribution in [2.75, 3.05) is 16.7 Å². The van der Waals surface area contributed by atoms with Crippen molar-refractivity contribution >= 4 is 44.8 Å². The number of sulfonamides is 1. The van der Waals surface area contributed by atoms with E-state index < -0.39 is 15.8 Å². The van der Waals surface area contributed by atoms with Gasteiger partial charge in [-0.3, -0.25) is 4.72 Å². The fraction of sp³-hybridized carbons (Fsp3) is 0.0769. The first-order valence-corrected chi connectivity index (χ1v) is 8.83. The molecule has 0 aromatic heterocycles. The molecular formula is C13H12ClFN2O2S2. The quantitative estimate of drug-likeness (QED) is 0.655. The van der Waals surface area contributed by atoms with Crippen LogP contribution >= 0.6 is 23.4 Å². The highest BCUT2D eigenvalue weighted by atomic mass is 35.5. The maximum absolute atomic E-state index is 13.2. The normalized spacial score (nSPS) is 11.4. The van der Waals surface area contributed by atoms with Crippen molar-refractivity contribution in [3.05, 3.63) is 47.2 Å². The summed E-state index contributed by atoms with van der Waals surface area (Å²) in [5, 5.41) is -0.227. The number of halogens is 2. The largest absolute Gasteiger partial charge is 0.396 e. The van der Waals surface area contributed by atoms with E-state index in [1.165, 1.54) is 0 Å². The first kappa shape index (κ1) is 15.9. The van der Waals surface area contributed by atoms with Gasteiger partial charge in [-0.1, -0.05) is 11.6 Å². The second-order valence-electron chi connectivity index (χ2n) is 4.14. The molecule has 112 valence electrons. The molecule has 0 amide bonds. The monoisotopic (exact) mass is 346 g/mol. The number of benzene rings is 2. The fourth-order valence-corrected chi connectivity index (χ4v) is 3.64. The van der Waals surface area contributed by atoms with Gasteiger partial charge in [-0.2, -0.15) is 0 Å². The Kier molecular flexibility index (Phi) is 4.65. The van der Waals surface area contributed by atoms with Crippen molar-refractivity contribution in [3.63, 3.8) is 0 Å². The minimum absolute atomic E-state index is 0.227. The summed E-state index contributed by atoms with van der Waals surface area (Å²) < 4.78 is 40.1. The van der Waals surface area contributed by atoms with Crippen LogP contribution in [0, 0.1) is 5.82 Å². The molecule has 2 aromatic rings. The summed E-state index contributed by atoms with van der Waals surface area (Å²) in [4.78, 5) is 0.735. The highest BCUT2D eigenvalue weighted by Crippen LogP contribution is 2.28. The zero-order valence-corrected chi connectivity index (χ0v) is 13.3. The lowest BCUT2D eigenvalue weighted by Crippen LogP contribution is -2.14. The lowest BCUT2D eigenvalue weighted by atomic mass is 10.3. The SMILES string of the molecule is CSc1ccc(NS(=O)(=O)c2cc(N)c(F)cc2Cl)cc1. The molecule has 3 N–H and O–H groups in total. The number of rotatable bonds is 4. The van der Waals surface area contributed by atoms with Gasteiger partial charge in [-0.25, -0.2) is 12.8 Å². The number of hydrogen-bond acceptors (Lipinski definition) is 4. The second-order valence-corrected chi connectivity index (χ2v) is 7.08. The van der Waals surface area contributed by atoms with Crippen molar-refractivity contribution < 1.29 is 12.8 Å². The standard InChI is InChI=1S/C13H12ClFN2O2S2/c1-20-9-4-2-8(3-5-9)17-21(18,19)13-7-12(16)11(15)6-10(13)14/h2-7,17H,16H2,1H3. The van der Waals surface area contributed by atoms with Gasteiger partial charge in [-0.15, -0.1) is 11.8 Å². The number of nitrogen functional groups attached to an aromatic ring is 1. The molecule has 0 atom stereocenters. The van der Waals surface area contributed by atoms with Gasteiger partial charge >= 0.3 is 0 Å². The molecule has 0 bridgehead atoms. The Morgan fingerprint density at radius 1 is 1.24 bits per heavy atom. The van der Waals surface area contributed by atoms with Crippen LogP contribution in [0.25, 0.3) is 0 Å². The second kappa shape index (κ2) is 6.13. The van der Waals surface area contributed by atoms with E-state index in [0.29, 0.717) is 5.69 Å². The van der Waals surface area contributed by atoms with Gasteiger partial charge in [0.1, 0.15) is 10.7 Å². The van der Waals surface area contributed by atoms with Crippen molar-refractivity contribution in [2.45, 2.75) is 9.79 Å². The van der Waals surface area contributed by atoms with Gasteiger partial charge in [-0.05, 0) is 42.7 Å². The Balaban J connectivity index is 2.35. The molecule has 0 saturated carbocycles. The molecule has 0 fully saturated rings. The first-order chi connectivity index (χ1) is 9.83. The van der Waals surface area contributed by atoms with E-state index in [0.717, 1.165) is 17.0 Å². The molecule has 0 heterocycles. The molecule has 8 heteroatoms. The maximum Gasteiger partial charge on any atom is 0.263 e. The van der Waals surface area contributed by atoms with Gasteiger partial charge in [0, 0.05) is 10.6 Å². The number of nitrogens with one attached hydrogen (secondary N) is 1. The van der Waals surface area contributed by atoms with E-state index in [2.05, 4.69) is 4.72 Å². The molecule has 0 aliphatic carbocycles. The fourth-order valence-electron chi connectivity index (χ4n) is 1.62. The van der Waals surface area contributed by atoms with E-state index in [1.54, 1.807) is 36.0 Å². The molecule has 0 unspecified atom stereocenters. The summed E-state index contributed by atoms with van der Waals surface area (Å²) in [5.74, 6) is -0.761. The van der Waals surface area contributed by atoms with Gasteiger partial charge in [0.05, 0.1) is 10.7 Å². The average Bonchev–Trinajstić information content (AvgIpc) is 2.43. The lowest BCUT2D eigenvalue weighted by molar-refractivity contribution is 0.600. The molecule has 0 aliphatic heterocycles. The Morgan fingerprint density at radius 2 is 1.86 bits per heavy atom. The Morgan fingerprint density at radius 3 is 2.43 bits per heavy atom. The van der Waals surface area contributed by atoms with Crippen LogP contribution in [-0.4, -0.2) is 14.7 Å². The topological polar surface area (TPSA) is 72.2 Å². The zero-order chi connectivity index (χ0) is 15.6. The lowest BCUT2D eigenvalue weighted by Gasteiger charge is -2.11. The van der Waals surface area contributed by atoms with Crippen LogP contribution in [0.1, 0.15) is 0 Å². The summed E-state index contributed by atoms with van der Waals surface area (Å²) in [7, 11) is -3.94. The number of thioether (sulfide) groups is 1. The molecule has 0 radical (unpaired) electrons. The summed E-state index contributed by atoms with van der Waals surface area (Å²) in [6, 6.07) is 8.69. The van der Waals surface area contributed by atoms with E-state index in [9.17, 15) is 12.8 Å². The number of anilines is 2. The summed E-state index contributed by atoms with van der Waals surface area (Å²) >= 11 is 7.32. The number of hydrogen-bond donors (Lipinski definition) is 2. The van der Waals surface area contributed by atoms with Crippen molar-refractivity contribution in [1.29, 1.82) is 0 Å². The van der Waals surface area contributed by atoms with Crippen LogP contribution in [0.4, 0.5) is 15.8 Å². The molecule has 2 rings (SSSR count). The summed E-state index contributed by atoms with van der Waals surface area (Å²) in [6.45, 7) is 0. The molecule has 4 nitrogen and oxygen atoms in total. The Labute approximate surface area is 131 Å². The Hall–Kier alpha value is -1.44.